The average molecular weight is 438 g/mol. The summed E-state index contributed by atoms with van der Waals surface area (Å²) in [5.41, 5.74) is 1.31. The highest BCUT2D eigenvalue weighted by Gasteiger charge is 2.21. The SMILES string of the molecule is CCn1c(O)c(N=Nc2nc(N3CCOCC3)nc(N3CCOCC3)n2)c2ccccc21. The zero-order chi connectivity index (χ0) is 21.9. The molecule has 5 rings (SSSR count). The third-order valence-corrected chi connectivity index (χ3v) is 5.66. The molecular formula is C21H26N8O3. The highest BCUT2D eigenvalue weighted by Crippen LogP contribution is 2.39. The number of aromatic nitrogens is 4. The lowest BCUT2D eigenvalue weighted by atomic mass is 10.2. The minimum absolute atomic E-state index is 0.0771. The Morgan fingerprint density at radius 3 is 2.06 bits per heavy atom. The topological polar surface area (TPSA) is 113 Å². The van der Waals surface area contributed by atoms with E-state index >= 15 is 0 Å². The Morgan fingerprint density at radius 1 is 0.875 bits per heavy atom. The molecule has 0 aliphatic carbocycles. The van der Waals surface area contributed by atoms with E-state index in [0.717, 1.165) is 10.9 Å². The van der Waals surface area contributed by atoms with Crippen LogP contribution < -0.4 is 9.80 Å². The molecule has 2 aromatic heterocycles. The van der Waals surface area contributed by atoms with Crippen molar-refractivity contribution in [3.8, 4) is 5.88 Å². The fourth-order valence-corrected chi connectivity index (χ4v) is 3.98. The van der Waals surface area contributed by atoms with Gasteiger partial charge in [-0.3, -0.25) is 0 Å². The van der Waals surface area contributed by atoms with Gasteiger partial charge in [0.25, 0.3) is 5.95 Å². The quantitative estimate of drug-likeness (QED) is 0.605. The number of hydrogen-bond acceptors (Lipinski definition) is 10. The van der Waals surface area contributed by atoms with Gasteiger partial charge in [0.1, 0.15) is 0 Å². The van der Waals surface area contributed by atoms with Crippen molar-refractivity contribution in [2.75, 3.05) is 62.4 Å². The van der Waals surface area contributed by atoms with Crippen molar-refractivity contribution >= 4 is 34.4 Å². The summed E-state index contributed by atoms with van der Waals surface area (Å²) >= 11 is 0. The van der Waals surface area contributed by atoms with Crippen LogP contribution in [0.4, 0.5) is 23.5 Å². The molecule has 0 radical (unpaired) electrons. The molecule has 11 heteroatoms. The van der Waals surface area contributed by atoms with E-state index in [1.807, 2.05) is 31.2 Å². The van der Waals surface area contributed by atoms with Gasteiger partial charge in [0, 0.05) is 38.1 Å². The number of benzene rings is 1. The van der Waals surface area contributed by atoms with E-state index in [-0.39, 0.29) is 11.8 Å². The summed E-state index contributed by atoms with van der Waals surface area (Å²) in [6.07, 6.45) is 0. The number of fused-ring (bicyclic) bond motifs is 1. The number of para-hydroxylation sites is 1. The first-order chi connectivity index (χ1) is 15.7. The highest BCUT2D eigenvalue weighted by atomic mass is 16.5. The second-order valence-electron chi connectivity index (χ2n) is 7.57. The van der Waals surface area contributed by atoms with Crippen LogP contribution in [0.1, 0.15) is 6.92 Å². The summed E-state index contributed by atoms with van der Waals surface area (Å²) in [5, 5.41) is 20.2. The molecule has 2 aliphatic heterocycles. The van der Waals surface area contributed by atoms with E-state index in [2.05, 4.69) is 35.0 Å². The predicted molar refractivity (Wildman–Crippen MR) is 119 cm³/mol. The van der Waals surface area contributed by atoms with Crippen LogP contribution in [0.3, 0.4) is 0 Å². The second-order valence-corrected chi connectivity index (χ2v) is 7.57. The zero-order valence-corrected chi connectivity index (χ0v) is 18.0. The minimum atomic E-state index is 0.0771. The molecule has 0 unspecified atom stereocenters. The van der Waals surface area contributed by atoms with Gasteiger partial charge in [-0.25, -0.2) is 0 Å². The van der Waals surface area contributed by atoms with E-state index in [9.17, 15) is 5.11 Å². The second kappa shape index (κ2) is 9.05. The number of ether oxygens (including phenoxy) is 2. The lowest BCUT2D eigenvalue weighted by Crippen LogP contribution is -2.39. The fraction of sp³-hybridized carbons (Fsp3) is 0.476. The highest BCUT2D eigenvalue weighted by molar-refractivity contribution is 5.94. The molecule has 168 valence electrons. The van der Waals surface area contributed by atoms with E-state index in [1.165, 1.54) is 0 Å². The number of morpholine rings is 2. The molecule has 0 bridgehead atoms. The van der Waals surface area contributed by atoms with Crippen LogP contribution in [0.25, 0.3) is 10.9 Å². The summed E-state index contributed by atoms with van der Waals surface area (Å²) < 4.78 is 12.7. The van der Waals surface area contributed by atoms with Crippen LogP contribution in [-0.2, 0) is 16.0 Å². The molecule has 1 N–H and O–H groups in total. The molecule has 2 aliphatic rings. The molecule has 0 spiro atoms. The molecular weight excluding hydrogens is 412 g/mol. The van der Waals surface area contributed by atoms with Gasteiger partial charge in [-0.15, -0.1) is 10.2 Å². The Kier molecular flexibility index (Phi) is 5.82. The third kappa shape index (κ3) is 3.96. The molecule has 0 atom stereocenters. The molecule has 11 nitrogen and oxygen atoms in total. The Bertz CT molecular complexity index is 1080. The van der Waals surface area contributed by atoms with E-state index in [1.54, 1.807) is 4.57 Å². The molecule has 32 heavy (non-hydrogen) atoms. The largest absolute Gasteiger partial charge is 0.493 e. The van der Waals surface area contributed by atoms with Crippen LogP contribution in [0.5, 0.6) is 5.88 Å². The number of azo groups is 1. The molecule has 3 aromatic rings. The van der Waals surface area contributed by atoms with Crippen molar-refractivity contribution in [2.24, 2.45) is 10.2 Å². The van der Waals surface area contributed by atoms with Crippen LogP contribution in [0, 0.1) is 0 Å². The van der Waals surface area contributed by atoms with Gasteiger partial charge in [0.05, 0.1) is 31.9 Å². The molecule has 0 saturated carbocycles. The smallest absolute Gasteiger partial charge is 0.275 e. The zero-order valence-electron chi connectivity index (χ0n) is 18.0. The van der Waals surface area contributed by atoms with E-state index in [4.69, 9.17) is 9.47 Å². The van der Waals surface area contributed by atoms with Crippen LogP contribution in [0.15, 0.2) is 34.5 Å². The predicted octanol–water partition coefficient (Wildman–Crippen LogP) is 2.64. The summed E-state index contributed by atoms with van der Waals surface area (Å²) in [6.45, 7) is 7.90. The standard InChI is InChI=1S/C21H26N8O3/c1-2-29-16-6-4-3-5-15(16)17(18(29)30)25-26-19-22-20(27-7-11-31-12-8-27)24-21(23-19)28-9-13-32-14-10-28/h3-6,30H,2,7-14H2,1H3. The Morgan fingerprint density at radius 2 is 1.47 bits per heavy atom. The van der Waals surface area contributed by atoms with Gasteiger partial charge in [-0.1, -0.05) is 18.2 Å². The number of rotatable bonds is 5. The monoisotopic (exact) mass is 438 g/mol. The molecule has 4 heterocycles. The maximum absolute atomic E-state index is 10.7. The van der Waals surface area contributed by atoms with Gasteiger partial charge < -0.3 is 28.9 Å². The van der Waals surface area contributed by atoms with Crippen LogP contribution >= 0.6 is 0 Å². The van der Waals surface area contributed by atoms with Crippen molar-refractivity contribution in [3.05, 3.63) is 24.3 Å². The third-order valence-electron chi connectivity index (χ3n) is 5.66. The molecule has 1 aromatic carbocycles. The van der Waals surface area contributed by atoms with Gasteiger partial charge in [-0.05, 0) is 13.0 Å². The molecule has 2 saturated heterocycles. The van der Waals surface area contributed by atoms with Gasteiger partial charge in [-0.2, -0.15) is 15.0 Å². The maximum atomic E-state index is 10.7. The van der Waals surface area contributed by atoms with Crippen molar-refractivity contribution in [1.82, 2.24) is 19.5 Å². The van der Waals surface area contributed by atoms with Crippen LogP contribution in [-0.4, -0.2) is 77.2 Å². The Hall–Kier alpha value is -3.31. The number of anilines is 2. The lowest BCUT2D eigenvalue weighted by Gasteiger charge is -2.29. The Balaban J connectivity index is 1.53. The summed E-state index contributed by atoms with van der Waals surface area (Å²) in [5.74, 6) is 1.39. The van der Waals surface area contributed by atoms with Crippen molar-refractivity contribution in [3.63, 3.8) is 0 Å². The fourth-order valence-electron chi connectivity index (χ4n) is 3.98. The summed E-state index contributed by atoms with van der Waals surface area (Å²) in [4.78, 5) is 17.9. The summed E-state index contributed by atoms with van der Waals surface area (Å²) in [7, 11) is 0. The van der Waals surface area contributed by atoms with E-state index in [0.29, 0.717) is 76.7 Å². The maximum Gasteiger partial charge on any atom is 0.275 e. The van der Waals surface area contributed by atoms with Crippen molar-refractivity contribution in [2.45, 2.75) is 13.5 Å². The minimum Gasteiger partial charge on any atom is -0.493 e. The number of aromatic hydroxyl groups is 1. The van der Waals surface area contributed by atoms with E-state index < -0.39 is 0 Å². The normalized spacial score (nSPS) is 17.5. The Labute approximate surface area is 185 Å². The van der Waals surface area contributed by atoms with Crippen molar-refractivity contribution in [1.29, 1.82) is 0 Å². The van der Waals surface area contributed by atoms with Crippen molar-refractivity contribution < 1.29 is 14.6 Å². The summed E-state index contributed by atoms with van der Waals surface area (Å²) in [6, 6.07) is 7.72. The average Bonchev–Trinajstić information content (AvgIpc) is 3.14. The number of hydrogen-bond donors (Lipinski definition) is 1. The number of aryl methyl sites for hydroxylation is 1. The molecule has 2 fully saturated rings. The lowest BCUT2D eigenvalue weighted by molar-refractivity contribution is 0.121. The van der Waals surface area contributed by atoms with Crippen LogP contribution in [0.2, 0.25) is 0 Å². The first-order valence-electron chi connectivity index (χ1n) is 10.9. The van der Waals surface area contributed by atoms with Gasteiger partial charge in [0.2, 0.25) is 17.8 Å². The first-order valence-corrected chi connectivity index (χ1v) is 10.9. The van der Waals surface area contributed by atoms with Gasteiger partial charge in [0.15, 0.2) is 5.69 Å². The first kappa shape index (κ1) is 20.6. The number of nitrogens with zero attached hydrogens (tertiary/aromatic N) is 8. The van der Waals surface area contributed by atoms with Gasteiger partial charge >= 0.3 is 0 Å². The molecule has 0 amide bonds.